The van der Waals surface area contributed by atoms with Gasteiger partial charge in [-0.1, -0.05) is 13.8 Å². The number of methoxy groups -OCH3 is 1. The fourth-order valence-corrected chi connectivity index (χ4v) is 2.83. The largest absolute Gasteiger partial charge is 0.378 e. The number of thiazole rings is 1. The standard InChI is InChI=1S/C12H22N2O2S/c1-5-16-11(8(2)3)12-14-9(7-15-4)10(6-13)17-12/h8,11H,5-7,13H2,1-4H3. The molecule has 1 aromatic rings. The summed E-state index contributed by atoms with van der Waals surface area (Å²) >= 11 is 1.63. The molecule has 2 N–H and O–H groups in total. The normalized spacial score (nSPS) is 13.3. The van der Waals surface area contributed by atoms with Crippen molar-refractivity contribution in [2.24, 2.45) is 11.7 Å². The van der Waals surface area contributed by atoms with E-state index in [4.69, 9.17) is 15.2 Å². The summed E-state index contributed by atoms with van der Waals surface area (Å²) in [7, 11) is 1.67. The van der Waals surface area contributed by atoms with Gasteiger partial charge in [0.2, 0.25) is 0 Å². The molecule has 98 valence electrons. The van der Waals surface area contributed by atoms with Crippen LogP contribution in [0.3, 0.4) is 0 Å². The van der Waals surface area contributed by atoms with E-state index in [9.17, 15) is 0 Å². The van der Waals surface area contributed by atoms with Gasteiger partial charge in [0.15, 0.2) is 0 Å². The highest BCUT2D eigenvalue weighted by Crippen LogP contribution is 2.31. The Hall–Kier alpha value is -0.490. The predicted octanol–water partition coefficient (Wildman–Crippen LogP) is 2.48. The van der Waals surface area contributed by atoms with E-state index in [1.54, 1.807) is 18.4 Å². The highest BCUT2D eigenvalue weighted by atomic mass is 32.1. The second kappa shape index (κ2) is 7.06. The Kier molecular flexibility index (Phi) is 6.05. The van der Waals surface area contributed by atoms with Crippen molar-refractivity contribution in [2.75, 3.05) is 13.7 Å². The van der Waals surface area contributed by atoms with Crippen LogP contribution in [0.25, 0.3) is 0 Å². The number of hydrogen-bond acceptors (Lipinski definition) is 5. The smallest absolute Gasteiger partial charge is 0.122 e. The molecule has 0 amide bonds. The molecule has 0 spiro atoms. The van der Waals surface area contributed by atoms with Gasteiger partial charge in [0.25, 0.3) is 0 Å². The molecule has 1 aromatic heterocycles. The summed E-state index contributed by atoms with van der Waals surface area (Å²) in [6.07, 6.45) is 0.0564. The van der Waals surface area contributed by atoms with Gasteiger partial charge in [-0.2, -0.15) is 0 Å². The monoisotopic (exact) mass is 258 g/mol. The number of hydrogen-bond donors (Lipinski definition) is 1. The first-order valence-corrected chi connectivity index (χ1v) is 6.74. The minimum absolute atomic E-state index is 0.0564. The average Bonchev–Trinajstić information content (AvgIpc) is 2.69. The van der Waals surface area contributed by atoms with Gasteiger partial charge in [0, 0.05) is 25.1 Å². The number of aromatic nitrogens is 1. The quantitative estimate of drug-likeness (QED) is 0.816. The van der Waals surface area contributed by atoms with E-state index in [-0.39, 0.29) is 6.10 Å². The van der Waals surface area contributed by atoms with Crippen LogP contribution < -0.4 is 5.73 Å². The first kappa shape index (κ1) is 14.6. The van der Waals surface area contributed by atoms with Gasteiger partial charge in [-0.25, -0.2) is 4.98 Å². The maximum atomic E-state index is 5.75. The fraction of sp³-hybridized carbons (Fsp3) is 0.750. The molecule has 0 saturated carbocycles. The van der Waals surface area contributed by atoms with E-state index in [0.29, 0.717) is 25.7 Å². The summed E-state index contributed by atoms with van der Waals surface area (Å²) in [5.74, 6) is 0.405. The maximum Gasteiger partial charge on any atom is 0.122 e. The van der Waals surface area contributed by atoms with Crippen molar-refractivity contribution in [3.63, 3.8) is 0 Å². The van der Waals surface area contributed by atoms with Gasteiger partial charge in [0.05, 0.1) is 12.3 Å². The fourth-order valence-electron chi connectivity index (χ4n) is 1.66. The first-order valence-electron chi connectivity index (χ1n) is 5.93. The van der Waals surface area contributed by atoms with Crippen LogP contribution in [0, 0.1) is 5.92 Å². The van der Waals surface area contributed by atoms with E-state index < -0.39 is 0 Å². The summed E-state index contributed by atoms with van der Waals surface area (Å²) in [5.41, 5.74) is 6.66. The second-order valence-electron chi connectivity index (χ2n) is 4.18. The van der Waals surface area contributed by atoms with E-state index in [1.165, 1.54) is 0 Å². The van der Waals surface area contributed by atoms with Crippen LogP contribution in [0.15, 0.2) is 0 Å². The van der Waals surface area contributed by atoms with Crippen molar-refractivity contribution in [1.29, 1.82) is 0 Å². The maximum absolute atomic E-state index is 5.75. The molecule has 0 radical (unpaired) electrons. The highest BCUT2D eigenvalue weighted by molar-refractivity contribution is 7.11. The summed E-state index contributed by atoms with van der Waals surface area (Å²) in [4.78, 5) is 5.69. The van der Waals surface area contributed by atoms with Gasteiger partial charge in [-0.05, 0) is 12.8 Å². The van der Waals surface area contributed by atoms with Crippen molar-refractivity contribution < 1.29 is 9.47 Å². The molecule has 0 aromatic carbocycles. The SMILES string of the molecule is CCOC(c1nc(COC)c(CN)s1)C(C)C. The van der Waals surface area contributed by atoms with Crippen molar-refractivity contribution in [3.8, 4) is 0 Å². The molecule has 1 heterocycles. The zero-order valence-corrected chi connectivity index (χ0v) is 11.8. The van der Waals surface area contributed by atoms with E-state index in [2.05, 4.69) is 18.8 Å². The summed E-state index contributed by atoms with van der Waals surface area (Å²) in [5, 5.41) is 1.01. The van der Waals surface area contributed by atoms with Crippen LogP contribution >= 0.6 is 11.3 Å². The molecule has 0 aliphatic heterocycles. The Morgan fingerprint density at radius 3 is 2.59 bits per heavy atom. The summed E-state index contributed by atoms with van der Waals surface area (Å²) < 4.78 is 10.9. The van der Waals surface area contributed by atoms with Gasteiger partial charge in [0.1, 0.15) is 11.1 Å². The van der Waals surface area contributed by atoms with Crippen LogP contribution in [0.2, 0.25) is 0 Å². The van der Waals surface area contributed by atoms with Gasteiger partial charge >= 0.3 is 0 Å². The van der Waals surface area contributed by atoms with Crippen LogP contribution in [0.5, 0.6) is 0 Å². The van der Waals surface area contributed by atoms with Crippen LogP contribution in [-0.2, 0) is 22.6 Å². The molecule has 0 saturated heterocycles. The van der Waals surface area contributed by atoms with Gasteiger partial charge in [-0.15, -0.1) is 11.3 Å². The minimum Gasteiger partial charge on any atom is -0.378 e. The third-order valence-electron chi connectivity index (χ3n) is 2.46. The molecule has 0 aliphatic rings. The van der Waals surface area contributed by atoms with Gasteiger partial charge in [-0.3, -0.25) is 0 Å². The Morgan fingerprint density at radius 1 is 1.41 bits per heavy atom. The lowest BCUT2D eigenvalue weighted by Crippen LogP contribution is -2.11. The molecule has 1 atom stereocenters. The lowest BCUT2D eigenvalue weighted by Gasteiger charge is -2.18. The van der Waals surface area contributed by atoms with Crippen LogP contribution in [-0.4, -0.2) is 18.7 Å². The van der Waals surface area contributed by atoms with Crippen molar-refractivity contribution >= 4 is 11.3 Å². The van der Waals surface area contributed by atoms with Crippen LogP contribution in [0.1, 0.15) is 42.5 Å². The third kappa shape index (κ3) is 3.74. The van der Waals surface area contributed by atoms with E-state index in [0.717, 1.165) is 15.6 Å². The molecule has 5 heteroatoms. The Balaban J connectivity index is 2.95. The van der Waals surface area contributed by atoms with Crippen molar-refractivity contribution in [1.82, 2.24) is 4.98 Å². The lowest BCUT2D eigenvalue weighted by atomic mass is 10.1. The van der Waals surface area contributed by atoms with Crippen molar-refractivity contribution in [2.45, 2.75) is 40.0 Å². The Bertz CT molecular complexity index is 339. The minimum atomic E-state index is 0.0564. The molecule has 1 unspecified atom stereocenters. The third-order valence-corrected chi connectivity index (χ3v) is 3.64. The topological polar surface area (TPSA) is 57.4 Å². The first-order chi connectivity index (χ1) is 8.13. The van der Waals surface area contributed by atoms with E-state index in [1.807, 2.05) is 6.92 Å². The molecule has 4 nitrogen and oxygen atoms in total. The number of nitrogens with two attached hydrogens (primary N) is 1. The van der Waals surface area contributed by atoms with Gasteiger partial charge < -0.3 is 15.2 Å². The molecular weight excluding hydrogens is 236 g/mol. The summed E-state index contributed by atoms with van der Waals surface area (Å²) in [6, 6.07) is 0. The number of ether oxygens (including phenoxy) is 2. The second-order valence-corrected chi connectivity index (χ2v) is 5.29. The van der Waals surface area contributed by atoms with E-state index >= 15 is 0 Å². The molecule has 0 fully saturated rings. The molecule has 0 bridgehead atoms. The number of nitrogens with zero attached hydrogens (tertiary/aromatic N) is 1. The molecule has 1 rings (SSSR count). The van der Waals surface area contributed by atoms with Crippen molar-refractivity contribution in [3.05, 3.63) is 15.6 Å². The Labute approximate surface area is 107 Å². The zero-order valence-electron chi connectivity index (χ0n) is 11.0. The molecule has 0 aliphatic carbocycles. The Morgan fingerprint density at radius 2 is 2.12 bits per heavy atom. The molecular formula is C12H22N2O2S. The lowest BCUT2D eigenvalue weighted by molar-refractivity contribution is 0.0290. The average molecular weight is 258 g/mol. The predicted molar refractivity (Wildman–Crippen MR) is 69.9 cm³/mol. The summed E-state index contributed by atoms with van der Waals surface area (Å²) in [6.45, 7) is 8.00. The zero-order chi connectivity index (χ0) is 12.8. The number of rotatable bonds is 7. The highest BCUT2D eigenvalue weighted by Gasteiger charge is 2.21. The van der Waals surface area contributed by atoms with Crippen LogP contribution in [0.4, 0.5) is 0 Å². The molecule has 17 heavy (non-hydrogen) atoms.